The van der Waals surface area contributed by atoms with Crippen LogP contribution >= 0.6 is 0 Å². The third kappa shape index (κ3) is 4.21. The van der Waals surface area contributed by atoms with Gasteiger partial charge >= 0.3 is 0 Å². The maximum absolute atomic E-state index is 5.72. The smallest absolute Gasteiger partial charge is 0.126 e. The van der Waals surface area contributed by atoms with E-state index < -0.39 is 0 Å². The fourth-order valence-corrected chi connectivity index (χ4v) is 2.83. The number of aryl methyl sites for hydroxylation is 1. The van der Waals surface area contributed by atoms with Gasteiger partial charge in [0, 0.05) is 24.1 Å². The molecule has 2 aliphatic rings. The number of rotatable bonds is 4. The molecular formula is C19H24N4O. The highest BCUT2D eigenvalue weighted by molar-refractivity contribution is 6.37. The Balaban J connectivity index is 1.64. The number of nitrogens with two attached hydrogens (primary N) is 1. The molecule has 1 atom stereocenters. The zero-order valence-corrected chi connectivity index (χ0v) is 14.5. The Morgan fingerprint density at radius 2 is 2.25 bits per heavy atom. The summed E-state index contributed by atoms with van der Waals surface area (Å²) in [6, 6.07) is 2.02. The highest BCUT2D eigenvalue weighted by atomic mass is 16.5. The van der Waals surface area contributed by atoms with E-state index in [4.69, 9.17) is 10.6 Å². The Labute approximate surface area is 143 Å². The van der Waals surface area contributed by atoms with Gasteiger partial charge in [-0.15, -0.1) is 0 Å². The summed E-state index contributed by atoms with van der Waals surface area (Å²) in [6.45, 7) is 6.77. The number of aliphatic imine (C=N–C) groups is 1. The Hall–Kier alpha value is -2.19. The van der Waals surface area contributed by atoms with Crippen LogP contribution in [0.5, 0.6) is 0 Å². The summed E-state index contributed by atoms with van der Waals surface area (Å²) in [5.41, 5.74) is 3.23. The van der Waals surface area contributed by atoms with E-state index in [-0.39, 0.29) is 11.7 Å². The first kappa shape index (κ1) is 16.7. The topological polar surface area (TPSA) is 72.9 Å². The third-order valence-corrected chi connectivity index (χ3v) is 4.19. The summed E-state index contributed by atoms with van der Waals surface area (Å²) in [5, 5.41) is 3.83. The SMILES string of the molecule is Cc1cc(C#CC2CC2)cnc1/C(C=NCC1CC(C)(C)O1)=N/N. The van der Waals surface area contributed by atoms with Crippen molar-refractivity contribution in [2.24, 2.45) is 21.9 Å². The average molecular weight is 324 g/mol. The van der Waals surface area contributed by atoms with Gasteiger partial charge in [0.25, 0.3) is 0 Å². The van der Waals surface area contributed by atoms with Crippen LogP contribution in [0.15, 0.2) is 22.4 Å². The molecule has 1 aliphatic carbocycles. The molecule has 1 aliphatic heterocycles. The quantitative estimate of drug-likeness (QED) is 0.400. The predicted octanol–water partition coefficient (Wildman–Crippen LogP) is 2.45. The summed E-state index contributed by atoms with van der Waals surface area (Å²) in [6.07, 6.45) is 7.10. The van der Waals surface area contributed by atoms with E-state index in [9.17, 15) is 0 Å². The van der Waals surface area contributed by atoms with Crippen molar-refractivity contribution < 1.29 is 4.74 Å². The monoisotopic (exact) mass is 324 g/mol. The highest BCUT2D eigenvalue weighted by Crippen LogP contribution is 2.31. The molecule has 0 spiro atoms. The van der Waals surface area contributed by atoms with Crippen molar-refractivity contribution in [1.29, 1.82) is 0 Å². The van der Waals surface area contributed by atoms with Gasteiger partial charge in [0.15, 0.2) is 0 Å². The second-order valence-corrected chi connectivity index (χ2v) is 7.15. The minimum absolute atomic E-state index is 0.0134. The van der Waals surface area contributed by atoms with Crippen molar-refractivity contribution in [1.82, 2.24) is 4.98 Å². The van der Waals surface area contributed by atoms with Crippen LogP contribution in [0.4, 0.5) is 0 Å². The molecule has 2 fully saturated rings. The van der Waals surface area contributed by atoms with Gasteiger partial charge in [-0.25, -0.2) is 0 Å². The number of pyridine rings is 1. The Bertz CT molecular complexity index is 727. The molecule has 0 radical (unpaired) electrons. The van der Waals surface area contributed by atoms with Gasteiger partial charge in [-0.05, 0) is 45.2 Å². The molecule has 2 N–H and O–H groups in total. The number of hydrazone groups is 1. The largest absolute Gasteiger partial charge is 0.370 e. The molecule has 1 aromatic rings. The number of nitrogens with zero attached hydrogens (tertiary/aromatic N) is 3. The fraction of sp³-hybridized carbons (Fsp3) is 0.526. The zero-order chi connectivity index (χ0) is 17.2. The molecule has 24 heavy (non-hydrogen) atoms. The first-order valence-electron chi connectivity index (χ1n) is 8.41. The number of hydrogen-bond acceptors (Lipinski definition) is 5. The number of hydrogen-bond donors (Lipinski definition) is 1. The first-order chi connectivity index (χ1) is 11.5. The zero-order valence-electron chi connectivity index (χ0n) is 14.5. The van der Waals surface area contributed by atoms with Crippen LogP contribution in [0.3, 0.4) is 0 Å². The van der Waals surface area contributed by atoms with Gasteiger partial charge in [0.1, 0.15) is 5.71 Å². The normalized spacial score (nSPS) is 22.8. The molecule has 5 nitrogen and oxygen atoms in total. The summed E-state index contributed by atoms with van der Waals surface area (Å²) in [5.74, 6) is 12.5. The second-order valence-electron chi connectivity index (χ2n) is 7.15. The van der Waals surface area contributed by atoms with Gasteiger partial charge in [0.2, 0.25) is 0 Å². The van der Waals surface area contributed by atoms with E-state index in [2.05, 4.69) is 40.8 Å². The molecule has 1 saturated carbocycles. The lowest BCUT2D eigenvalue weighted by Gasteiger charge is -2.42. The van der Waals surface area contributed by atoms with Crippen molar-refractivity contribution in [3.05, 3.63) is 29.1 Å². The van der Waals surface area contributed by atoms with Crippen molar-refractivity contribution in [2.75, 3.05) is 6.54 Å². The molecule has 1 aromatic heterocycles. The molecule has 5 heteroatoms. The summed E-state index contributed by atoms with van der Waals surface area (Å²) < 4.78 is 5.72. The lowest BCUT2D eigenvalue weighted by atomic mass is 9.93. The maximum atomic E-state index is 5.72. The summed E-state index contributed by atoms with van der Waals surface area (Å²) in [4.78, 5) is 8.88. The van der Waals surface area contributed by atoms with E-state index in [0.29, 0.717) is 18.2 Å². The minimum Gasteiger partial charge on any atom is -0.370 e. The molecule has 3 rings (SSSR count). The predicted molar refractivity (Wildman–Crippen MR) is 96.2 cm³/mol. The number of ether oxygens (including phenoxy) is 1. The molecule has 1 saturated heterocycles. The molecule has 126 valence electrons. The van der Waals surface area contributed by atoms with Crippen molar-refractivity contribution in [3.8, 4) is 11.8 Å². The van der Waals surface area contributed by atoms with E-state index in [1.54, 1.807) is 12.4 Å². The van der Waals surface area contributed by atoms with Crippen LogP contribution < -0.4 is 5.84 Å². The van der Waals surface area contributed by atoms with Crippen LogP contribution in [0.25, 0.3) is 0 Å². The maximum Gasteiger partial charge on any atom is 0.126 e. The van der Waals surface area contributed by atoms with Gasteiger partial charge in [-0.3, -0.25) is 9.98 Å². The van der Waals surface area contributed by atoms with Crippen LogP contribution in [0, 0.1) is 24.7 Å². The highest BCUT2D eigenvalue weighted by Gasteiger charge is 2.36. The molecule has 1 unspecified atom stereocenters. The van der Waals surface area contributed by atoms with E-state index in [1.807, 2.05) is 13.0 Å². The first-order valence-corrected chi connectivity index (χ1v) is 8.41. The van der Waals surface area contributed by atoms with Crippen molar-refractivity contribution >= 4 is 11.9 Å². The molecule has 0 aromatic carbocycles. The molecule has 0 bridgehead atoms. The van der Waals surface area contributed by atoms with Gasteiger partial charge in [-0.2, -0.15) is 5.10 Å². The van der Waals surface area contributed by atoms with E-state index in [0.717, 1.165) is 23.2 Å². The van der Waals surface area contributed by atoms with E-state index in [1.165, 1.54) is 12.8 Å². The summed E-state index contributed by atoms with van der Waals surface area (Å²) >= 11 is 0. The lowest BCUT2D eigenvalue weighted by Crippen LogP contribution is -2.47. The van der Waals surface area contributed by atoms with Gasteiger partial charge in [0.05, 0.1) is 30.2 Å². The Morgan fingerprint density at radius 3 is 2.83 bits per heavy atom. The third-order valence-electron chi connectivity index (χ3n) is 4.19. The number of aromatic nitrogens is 1. The second kappa shape index (κ2) is 6.74. The van der Waals surface area contributed by atoms with Crippen LogP contribution in [0.1, 0.15) is 49.9 Å². The Kier molecular flexibility index (Phi) is 4.68. The van der Waals surface area contributed by atoms with Gasteiger partial charge in [-0.1, -0.05) is 11.8 Å². The fourth-order valence-electron chi connectivity index (χ4n) is 2.83. The van der Waals surface area contributed by atoms with E-state index >= 15 is 0 Å². The standard InChI is InChI=1S/C19H24N4O/c1-13-8-15(7-6-14-4-5-14)10-22-18(13)17(23-20)12-21-11-16-9-19(2,3)24-16/h8,10,12,14,16H,4-5,9,11,20H2,1-3H3/b21-12?,23-17+. The minimum atomic E-state index is -0.0134. The lowest BCUT2D eigenvalue weighted by molar-refractivity contribution is -0.178. The Morgan fingerprint density at radius 1 is 1.50 bits per heavy atom. The average Bonchev–Trinajstić information content (AvgIpc) is 3.33. The molecular weight excluding hydrogens is 300 g/mol. The summed E-state index contributed by atoms with van der Waals surface area (Å²) in [7, 11) is 0. The van der Waals surface area contributed by atoms with Crippen LogP contribution in [0.2, 0.25) is 0 Å². The van der Waals surface area contributed by atoms with Gasteiger partial charge < -0.3 is 10.6 Å². The van der Waals surface area contributed by atoms with Crippen LogP contribution in [-0.4, -0.2) is 35.2 Å². The molecule has 2 heterocycles. The van der Waals surface area contributed by atoms with Crippen LogP contribution in [-0.2, 0) is 4.74 Å². The van der Waals surface area contributed by atoms with Crippen molar-refractivity contribution in [2.45, 2.75) is 51.7 Å². The van der Waals surface area contributed by atoms with Crippen molar-refractivity contribution in [3.63, 3.8) is 0 Å². The molecule has 0 amide bonds.